The molecule has 1 aromatic rings. The Labute approximate surface area is 125 Å². The van der Waals surface area contributed by atoms with Crippen LogP contribution in [-0.4, -0.2) is 22.5 Å². The minimum absolute atomic E-state index is 0.151. The van der Waals surface area contributed by atoms with Crippen LogP contribution in [0.25, 0.3) is 0 Å². The lowest BCUT2D eigenvalue weighted by Gasteiger charge is -2.30. The van der Waals surface area contributed by atoms with E-state index in [1.54, 1.807) is 0 Å². The molecule has 0 bridgehead atoms. The van der Waals surface area contributed by atoms with Gasteiger partial charge in [-0.1, -0.05) is 45.7 Å². The van der Waals surface area contributed by atoms with Gasteiger partial charge in [0, 0.05) is 10.9 Å². The van der Waals surface area contributed by atoms with E-state index < -0.39 is 10.8 Å². The predicted octanol–water partition coefficient (Wildman–Crippen LogP) is 3.62. The smallest absolute Gasteiger partial charge is 0.0576 e. The third kappa shape index (κ3) is 3.50. The van der Waals surface area contributed by atoms with E-state index in [0.29, 0.717) is 6.04 Å². The number of hydrogen-bond acceptors (Lipinski definition) is 2. The minimum atomic E-state index is -0.897. The number of rotatable bonds is 3. The Morgan fingerprint density at radius 1 is 1.10 bits per heavy atom. The first kappa shape index (κ1) is 15.7. The van der Waals surface area contributed by atoms with Gasteiger partial charge in [0.2, 0.25) is 0 Å². The van der Waals surface area contributed by atoms with Crippen LogP contribution >= 0.6 is 0 Å². The van der Waals surface area contributed by atoms with E-state index >= 15 is 0 Å². The highest BCUT2D eigenvalue weighted by Crippen LogP contribution is 2.28. The van der Waals surface area contributed by atoms with Crippen molar-refractivity contribution in [3.63, 3.8) is 0 Å². The summed E-state index contributed by atoms with van der Waals surface area (Å²) in [5, 5.41) is 3.61. The Kier molecular flexibility index (Phi) is 5.03. The summed E-state index contributed by atoms with van der Waals surface area (Å²) >= 11 is 0. The van der Waals surface area contributed by atoms with E-state index in [-0.39, 0.29) is 10.7 Å². The van der Waals surface area contributed by atoms with Crippen LogP contribution in [0.5, 0.6) is 0 Å². The van der Waals surface area contributed by atoms with Crippen molar-refractivity contribution in [1.29, 1.82) is 0 Å². The average Bonchev–Trinajstić information content (AvgIpc) is 2.45. The van der Waals surface area contributed by atoms with Crippen LogP contribution in [0.3, 0.4) is 0 Å². The molecule has 0 amide bonds. The van der Waals surface area contributed by atoms with Crippen LogP contribution in [0.4, 0.5) is 0 Å². The minimum Gasteiger partial charge on any atom is -0.316 e. The monoisotopic (exact) mass is 293 g/mol. The second-order valence-corrected chi connectivity index (χ2v) is 8.46. The molecule has 1 saturated carbocycles. The SMILES string of the molecule is CNC1CCCCC1S(=O)c1ccc(C(C)(C)C)cc1. The lowest BCUT2D eigenvalue weighted by atomic mass is 9.87. The molecule has 3 unspecified atom stereocenters. The van der Waals surface area contributed by atoms with Crippen molar-refractivity contribution in [3.8, 4) is 0 Å². The van der Waals surface area contributed by atoms with Crippen molar-refractivity contribution < 1.29 is 4.21 Å². The van der Waals surface area contributed by atoms with Crippen LogP contribution in [0.1, 0.15) is 52.0 Å². The Hall–Kier alpha value is -0.670. The van der Waals surface area contributed by atoms with Gasteiger partial charge in [-0.2, -0.15) is 0 Å². The highest BCUT2D eigenvalue weighted by molar-refractivity contribution is 7.85. The maximum absolute atomic E-state index is 12.8. The normalized spacial score (nSPS) is 25.4. The summed E-state index contributed by atoms with van der Waals surface area (Å²) in [6.07, 6.45) is 4.67. The second kappa shape index (κ2) is 6.40. The Morgan fingerprint density at radius 2 is 1.70 bits per heavy atom. The molecule has 0 aliphatic heterocycles. The molecule has 112 valence electrons. The van der Waals surface area contributed by atoms with E-state index in [2.05, 4.69) is 50.4 Å². The van der Waals surface area contributed by atoms with Crippen molar-refractivity contribution in [2.45, 2.75) is 68.1 Å². The standard InChI is InChI=1S/C17H27NOS/c1-17(2,3)13-9-11-14(12-10-13)20(19)16-8-6-5-7-15(16)18-4/h9-12,15-16,18H,5-8H2,1-4H3. The van der Waals surface area contributed by atoms with Crippen LogP contribution < -0.4 is 5.32 Å². The topological polar surface area (TPSA) is 29.1 Å². The van der Waals surface area contributed by atoms with E-state index in [4.69, 9.17) is 0 Å². The first-order valence-electron chi connectivity index (χ1n) is 7.62. The number of nitrogens with one attached hydrogen (secondary N) is 1. The number of hydrogen-bond donors (Lipinski definition) is 1. The summed E-state index contributed by atoms with van der Waals surface area (Å²) < 4.78 is 12.8. The van der Waals surface area contributed by atoms with Crippen molar-refractivity contribution in [3.05, 3.63) is 29.8 Å². The van der Waals surface area contributed by atoms with Gasteiger partial charge in [-0.15, -0.1) is 0 Å². The quantitative estimate of drug-likeness (QED) is 0.922. The van der Waals surface area contributed by atoms with Gasteiger partial charge >= 0.3 is 0 Å². The lowest BCUT2D eigenvalue weighted by Crippen LogP contribution is -2.42. The molecule has 3 heteroatoms. The third-order valence-corrected chi connectivity index (χ3v) is 6.15. The molecule has 20 heavy (non-hydrogen) atoms. The molecule has 2 rings (SSSR count). The summed E-state index contributed by atoms with van der Waals surface area (Å²) in [5.41, 5.74) is 1.45. The molecular weight excluding hydrogens is 266 g/mol. The largest absolute Gasteiger partial charge is 0.316 e. The first-order valence-corrected chi connectivity index (χ1v) is 8.83. The van der Waals surface area contributed by atoms with Crippen molar-refractivity contribution >= 4 is 10.8 Å². The zero-order valence-corrected chi connectivity index (χ0v) is 13.9. The third-order valence-electron chi connectivity index (χ3n) is 4.30. The van der Waals surface area contributed by atoms with Gasteiger partial charge < -0.3 is 5.32 Å². The summed E-state index contributed by atoms with van der Waals surface area (Å²) in [6, 6.07) is 8.76. The molecule has 1 aliphatic rings. The van der Waals surface area contributed by atoms with Gasteiger partial charge in [-0.05, 0) is 43.0 Å². The first-order chi connectivity index (χ1) is 9.43. The van der Waals surface area contributed by atoms with Gasteiger partial charge in [0.1, 0.15) is 0 Å². The van der Waals surface area contributed by atoms with Gasteiger partial charge in [0.05, 0.1) is 16.0 Å². The fourth-order valence-corrected chi connectivity index (χ4v) is 4.65. The Morgan fingerprint density at radius 3 is 2.25 bits per heavy atom. The fraction of sp³-hybridized carbons (Fsp3) is 0.647. The molecule has 0 saturated heterocycles. The Balaban J connectivity index is 2.16. The van der Waals surface area contributed by atoms with E-state index in [0.717, 1.165) is 17.7 Å². The molecule has 1 fully saturated rings. The molecule has 0 aromatic heterocycles. The zero-order chi connectivity index (χ0) is 14.8. The van der Waals surface area contributed by atoms with Crippen LogP contribution in [0.15, 0.2) is 29.2 Å². The van der Waals surface area contributed by atoms with Gasteiger partial charge in [0.15, 0.2) is 0 Å². The molecular formula is C17H27NOS. The van der Waals surface area contributed by atoms with Crippen LogP contribution in [0, 0.1) is 0 Å². The molecule has 3 atom stereocenters. The maximum atomic E-state index is 12.8. The summed E-state index contributed by atoms with van der Waals surface area (Å²) in [7, 11) is 1.09. The summed E-state index contributed by atoms with van der Waals surface area (Å²) in [5.74, 6) is 0. The molecule has 1 N–H and O–H groups in total. The second-order valence-electron chi connectivity index (χ2n) is 6.79. The maximum Gasteiger partial charge on any atom is 0.0576 e. The summed E-state index contributed by atoms with van der Waals surface area (Å²) in [4.78, 5) is 0.977. The fourth-order valence-electron chi connectivity index (χ4n) is 2.95. The lowest BCUT2D eigenvalue weighted by molar-refractivity contribution is 0.399. The molecule has 0 radical (unpaired) electrons. The Bertz CT molecular complexity index is 461. The van der Waals surface area contributed by atoms with Gasteiger partial charge in [-0.3, -0.25) is 4.21 Å². The van der Waals surface area contributed by atoms with Gasteiger partial charge in [-0.25, -0.2) is 0 Å². The van der Waals surface area contributed by atoms with E-state index in [1.807, 2.05) is 7.05 Å². The zero-order valence-electron chi connectivity index (χ0n) is 13.1. The molecule has 1 aliphatic carbocycles. The number of benzene rings is 1. The molecule has 2 nitrogen and oxygen atoms in total. The molecule has 1 aromatic carbocycles. The summed E-state index contributed by atoms with van der Waals surface area (Å²) in [6.45, 7) is 6.62. The predicted molar refractivity (Wildman–Crippen MR) is 86.7 cm³/mol. The molecule has 0 heterocycles. The van der Waals surface area contributed by atoms with Gasteiger partial charge in [0.25, 0.3) is 0 Å². The van der Waals surface area contributed by atoms with Crippen molar-refractivity contribution in [2.75, 3.05) is 7.05 Å². The highest BCUT2D eigenvalue weighted by atomic mass is 32.2. The van der Waals surface area contributed by atoms with E-state index in [9.17, 15) is 4.21 Å². The molecule has 0 spiro atoms. The van der Waals surface area contributed by atoms with Crippen LogP contribution in [0.2, 0.25) is 0 Å². The van der Waals surface area contributed by atoms with Crippen LogP contribution in [-0.2, 0) is 16.2 Å². The highest BCUT2D eigenvalue weighted by Gasteiger charge is 2.29. The average molecular weight is 293 g/mol. The van der Waals surface area contributed by atoms with E-state index in [1.165, 1.54) is 18.4 Å². The van der Waals surface area contributed by atoms with Crippen molar-refractivity contribution in [1.82, 2.24) is 5.32 Å². The van der Waals surface area contributed by atoms with Crippen molar-refractivity contribution in [2.24, 2.45) is 0 Å².